The molecule has 3 atom stereocenters. The third-order valence-electron chi connectivity index (χ3n) is 9.95. The van der Waals surface area contributed by atoms with Gasteiger partial charge in [0.1, 0.15) is 42.0 Å². The molecule has 12 nitrogen and oxygen atoms in total. The van der Waals surface area contributed by atoms with Gasteiger partial charge in [-0.1, -0.05) is 13.0 Å². The molecule has 2 aliphatic rings. The largest absolute Gasteiger partial charge is 0.493 e. The number of anilines is 2. The van der Waals surface area contributed by atoms with Crippen molar-refractivity contribution in [3.05, 3.63) is 113 Å². The van der Waals surface area contributed by atoms with Gasteiger partial charge in [-0.05, 0) is 73.9 Å². The zero-order valence-corrected chi connectivity index (χ0v) is 28.5. The fourth-order valence-electron chi connectivity index (χ4n) is 7.19. The average Bonchev–Trinajstić information content (AvgIpc) is 3.91. The lowest BCUT2D eigenvalue weighted by atomic mass is 9.87. The topological polar surface area (TPSA) is 116 Å². The molecule has 0 spiro atoms. The van der Waals surface area contributed by atoms with Gasteiger partial charge >= 0.3 is 5.69 Å². The number of benzene rings is 3. The molecular weight excluding hydrogens is 658 g/mol. The summed E-state index contributed by atoms with van der Waals surface area (Å²) < 4.78 is 45.7. The van der Waals surface area contributed by atoms with Crippen LogP contribution in [0, 0.1) is 17.6 Å². The van der Waals surface area contributed by atoms with E-state index in [1.165, 1.54) is 23.1 Å². The Hall–Kier alpha value is -5.08. The third-order valence-corrected chi connectivity index (χ3v) is 9.95. The van der Waals surface area contributed by atoms with Crippen molar-refractivity contribution in [3.8, 4) is 11.4 Å². The highest BCUT2D eigenvalue weighted by Gasteiger charge is 2.44. The van der Waals surface area contributed by atoms with E-state index in [2.05, 4.69) is 37.1 Å². The molecule has 51 heavy (non-hydrogen) atoms. The molecule has 0 bridgehead atoms. The maximum absolute atomic E-state index is 15.0. The molecule has 1 N–H and O–H groups in total. The molecule has 5 aromatic rings. The Morgan fingerprint density at radius 1 is 0.941 bits per heavy atom. The molecule has 14 heteroatoms. The molecule has 4 heterocycles. The molecule has 268 valence electrons. The Kier molecular flexibility index (Phi) is 10.1. The van der Waals surface area contributed by atoms with Crippen molar-refractivity contribution in [1.82, 2.24) is 29.1 Å². The van der Waals surface area contributed by atoms with E-state index in [0.29, 0.717) is 31.6 Å². The summed E-state index contributed by atoms with van der Waals surface area (Å²) in [5, 5.41) is 17.8. The van der Waals surface area contributed by atoms with E-state index in [4.69, 9.17) is 9.47 Å². The smallest absolute Gasteiger partial charge is 0.350 e. The molecule has 2 saturated heterocycles. The molecule has 0 radical (unpaired) electrons. The van der Waals surface area contributed by atoms with Gasteiger partial charge in [-0.25, -0.2) is 32.5 Å². The van der Waals surface area contributed by atoms with Crippen LogP contribution in [-0.2, 0) is 16.9 Å². The van der Waals surface area contributed by atoms with E-state index in [9.17, 15) is 18.7 Å². The summed E-state index contributed by atoms with van der Waals surface area (Å²) in [5.41, 5.74) is 2.03. The zero-order chi connectivity index (χ0) is 35.4. The summed E-state index contributed by atoms with van der Waals surface area (Å²) in [5.74, 6) is -0.557. The molecule has 0 aliphatic carbocycles. The molecule has 0 unspecified atom stereocenters. The first-order valence-electron chi connectivity index (χ1n) is 17.4. The van der Waals surface area contributed by atoms with Crippen molar-refractivity contribution in [2.24, 2.45) is 5.92 Å². The van der Waals surface area contributed by atoms with Crippen LogP contribution in [-0.4, -0.2) is 80.2 Å². The van der Waals surface area contributed by atoms with Gasteiger partial charge in [0.15, 0.2) is 0 Å². The van der Waals surface area contributed by atoms with Crippen LogP contribution >= 0.6 is 0 Å². The first kappa shape index (κ1) is 34.4. The molecule has 0 saturated carbocycles. The molecule has 7 rings (SSSR count). The van der Waals surface area contributed by atoms with Crippen LogP contribution in [0.4, 0.5) is 20.2 Å². The SMILES string of the molecule is CC[C@@H](CCO)n1ncn(-c2ccc(N3CCN(c4ccc(OC[C@H]5CO[C@](Cn6cncn6)(c6ccc(F)cc6F)C5)cc4)CC3)cc2)c1=O. The summed E-state index contributed by atoms with van der Waals surface area (Å²) in [7, 11) is 0. The summed E-state index contributed by atoms with van der Waals surface area (Å²) in [6.07, 6.45) is 6.21. The van der Waals surface area contributed by atoms with Gasteiger partial charge < -0.3 is 24.4 Å². The zero-order valence-electron chi connectivity index (χ0n) is 28.5. The number of aliphatic hydroxyl groups is 1. The van der Waals surface area contributed by atoms with Crippen LogP contribution in [0.1, 0.15) is 37.8 Å². The van der Waals surface area contributed by atoms with E-state index in [1.54, 1.807) is 21.9 Å². The van der Waals surface area contributed by atoms with E-state index in [1.807, 2.05) is 43.3 Å². The van der Waals surface area contributed by atoms with Gasteiger partial charge in [-0.3, -0.25) is 0 Å². The predicted octanol–water partition coefficient (Wildman–Crippen LogP) is 4.57. The number of aromatic nitrogens is 6. The predicted molar refractivity (Wildman–Crippen MR) is 187 cm³/mol. The number of aliphatic hydroxyl groups excluding tert-OH is 1. The molecule has 2 fully saturated rings. The van der Waals surface area contributed by atoms with Gasteiger partial charge in [0.05, 0.1) is 31.5 Å². The second-order valence-electron chi connectivity index (χ2n) is 13.2. The number of nitrogens with zero attached hydrogens (tertiary/aromatic N) is 8. The van der Waals surface area contributed by atoms with Crippen molar-refractivity contribution >= 4 is 11.4 Å². The first-order chi connectivity index (χ1) is 24.9. The number of rotatable bonds is 13. The van der Waals surface area contributed by atoms with Gasteiger partial charge in [0, 0.05) is 61.7 Å². The summed E-state index contributed by atoms with van der Waals surface area (Å²) in [6.45, 7) is 6.40. The molecule has 0 amide bonds. The molecule has 2 aromatic heterocycles. The highest BCUT2D eigenvalue weighted by atomic mass is 19.1. The number of piperazine rings is 1. The Bertz CT molecular complexity index is 1940. The van der Waals surface area contributed by atoms with Crippen molar-refractivity contribution in [3.63, 3.8) is 0 Å². The first-order valence-corrected chi connectivity index (χ1v) is 17.4. The molecular formula is C37H42F2N8O4. The average molecular weight is 701 g/mol. The summed E-state index contributed by atoms with van der Waals surface area (Å²) in [4.78, 5) is 21.7. The number of hydrogen-bond donors (Lipinski definition) is 1. The highest BCUT2D eigenvalue weighted by molar-refractivity contribution is 5.54. The van der Waals surface area contributed by atoms with Crippen molar-refractivity contribution in [2.45, 2.75) is 44.4 Å². The quantitative estimate of drug-likeness (QED) is 0.189. The number of hydrogen-bond acceptors (Lipinski definition) is 9. The van der Waals surface area contributed by atoms with Gasteiger partial charge in [0.2, 0.25) is 0 Å². The van der Waals surface area contributed by atoms with Crippen LogP contribution in [0.25, 0.3) is 5.69 Å². The van der Waals surface area contributed by atoms with Gasteiger partial charge in [-0.15, -0.1) is 0 Å². The number of ether oxygens (including phenoxy) is 2. The maximum Gasteiger partial charge on any atom is 0.350 e. The van der Waals surface area contributed by atoms with E-state index < -0.39 is 17.2 Å². The third kappa shape index (κ3) is 7.38. The number of halogens is 2. The lowest BCUT2D eigenvalue weighted by Crippen LogP contribution is -2.46. The van der Waals surface area contributed by atoms with Gasteiger partial charge in [0.25, 0.3) is 0 Å². The Balaban J connectivity index is 0.920. The highest BCUT2D eigenvalue weighted by Crippen LogP contribution is 2.42. The summed E-state index contributed by atoms with van der Waals surface area (Å²) >= 11 is 0. The minimum absolute atomic E-state index is 0.0104. The van der Waals surface area contributed by atoms with E-state index in [0.717, 1.165) is 61.5 Å². The van der Waals surface area contributed by atoms with Crippen molar-refractivity contribution in [1.29, 1.82) is 0 Å². The summed E-state index contributed by atoms with van der Waals surface area (Å²) in [6, 6.07) is 19.5. The van der Waals surface area contributed by atoms with Crippen molar-refractivity contribution in [2.75, 3.05) is 55.8 Å². The monoisotopic (exact) mass is 700 g/mol. The normalized spacial score (nSPS) is 19.8. The van der Waals surface area contributed by atoms with Crippen LogP contribution in [0.3, 0.4) is 0 Å². The van der Waals surface area contributed by atoms with Crippen LogP contribution in [0.2, 0.25) is 0 Å². The lowest BCUT2D eigenvalue weighted by Gasteiger charge is -2.37. The Morgan fingerprint density at radius 3 is 2.25 bits per heavy atom. The van der Waals surface area contributed by atoms with E-state index >= 15 is 0 Å². The second-order valence-corrected chi connectivity index (χ2v) is 13.2. The maximum atomic E-state index is 15.0. The second kappa shape index (κ2) is 15.0. The standard InChI is InChI=1S/C37H42F2N8O4/c1-2-29(13-18-48)47-36(49)46(26-42-47)32-6-4-30(5-7-32)43-14-16-44(17-15-43)31-8-10-33(11-9-31)50-21-27-20-37(51-22-27,23-45-25-40-24-41-45)34-12-3-28(38)19-35(34)39/h3-12,19,24-27,29,48H,2,13-18,20-23H2,1H3/t27-,29-,37+/m0/s1. The van der Waals surface area contributed by atoms with E-state index in [-0.39, 0.29) is 30.8 Å². The minimum atomic E-state index is -1.02. The van der Waals surface area contributed by atoms with Crippen LogP contribution in [0.5, 0.6) is 5.75 Å². The fourth-order valence-corrected chi connectivity index (χ4v) is 7.19. The minimum Gasteiger partial charge on any atom is -0.493 e. The van der Waals surface area contributed by atoms with Crippen LogP contribution in [0.15, 0.2) is 90.5 Å². The molecule has 2 aliphatic heterocycles. The Labute approximate surface area is 294 Å². The van der Waals surface area contributed by atoms with Gasteiger partial charge in [-0.2, -0.15) is 10.2 Å². The fraction of sp³-hybridized carbons (Fsp3) is 0.405. The van der Waals surface area contributed by atoms with Crippen LogP contribution < -0.4 is 20.2 Å². The van der Waals surface area contributed by atoms with Crippen molar-refractivity contribution < 1.29 is 23.4 Å². The lowest BCUT2D eigenvalue weighted by molar-refractivity contribution is -0.0206. The molecule has 3 aromatic carbocycles. The Morgan fingerprint density at radius 2 is 1.63 bits per heavy atom.